The standard InChI is InChI=1S/C13H18FNO2S/c1-2-7-17-8-3-6-15-13(16)11-9-10(18)4-5-12(11)14/h4-5,9,18H,2-3,6-8H2,1H3,(H,15,16). The van der Waals surface area contributed by atoms with Crippen LogP contribution in [0, 0.1) is 5.82 Å². The van der Waals surface area contributed by atoms with Crippen LogP contribution in [0.1, 0.15) is 30.1 Å². The van der Waals surface area contributed by atoms with Crippen LogP contribution in [0.25, 0.3) is 0 Å². The molecule has 1 aromatic rings. The molecule has 0 spiro atoms. The van der Waals surface area contributed by atoms with Crippen molar-refractivity contribution in [2.24, 2.45) is 0 Å². The molecule has 0 unspecified atom stereocenters. The molecule has 0 radical (unpaired) electrons. The minimum absolute atomic E-state index is 0.0250. The summed E-state index contributed by atoms with van der Waals surface area (Å²) in [6.07, 6.45) is 1.69. The van der Waals surface area contributed by atoms with Gasteiger partial charge in [-0.15, -0.1) is 12.6 Å². The summed E-state index contributed by atoms with van der Waals surface area (Å²) in [4.78, 5) is 12.2. The highest BCUT2D eigenvalue weighted by molar-refractivity contribution is 7.80. The molecule has 3 nitrogen and oxygen atoms in total. The fourth-order valence-corrected chi connectivity index (χ4v) is 1.61. The molecule has 0 fully saturated rings. The molecule has 0 bridgehead atoms. The molecule has 1 N–H and O–H groups in total. The number of carbonyl (C=O) groups excluding carboxylic acids is 1. The normalized spacial score (nSPS) is 10.4. The quantitative estimate of drug-likeness (QED) is 0.591. The second kappa shape index (κ2) is 8.11. The fraction of sp³-hybridized carbons (Fsp3) is 0.462. The van der Waals surface area contributed by atoms with Crippen LogP contribution < -0.4 is 5.32 Å². The van der Waals surface area contributed by atoms with E-state index in [9.17, 15) is 9.18 Å². The molecule has 18 heavy (non-hydrogen) atoms. The van der Waals surface area contributed by atoms with Crippen molar-refractivity contribution in [2.75, 3.05) is 19.8 Å². The number of carbonyl (C=O) groups is 1. The zero-order valence-corrected chi connectivity index (χ0v) is 11.3. The minimum Gasteiger partial charge on any atom is -0.381 e. The number of halogens is 1. The van der Waals surface area contributed by atoms with E-state index in [1.807, 2.05) is 6.92 Å². The highest BCUT2D eigenvalue weighted by atomic mass is 32.1. The average Bonchev–Trinajstić information content (AvgIpc) is 2.36. The van der Waals surface area contributed by atoms with E-state index in [4.69, 9.17) is 4.74 Å². The van der Waals surface area contributed by atoms with E-state index >= 15 is 0 Å². The first-order valence-corrected chi connectivity index (χ1v) is 6.44. The van der Waals surface area contributed by atoms with Gasteiger partial charge in [0, 0.05) is 24.7 Å². The third-order valence-corrected chi connectivity index (χ3v) is 2.57. The van der Waals surface area contributed by atoms with Crippen LogP contribution >= 0.6 is 12.6 Å². The van der Waals surface area contributed by atoms with Crippen molar-refractivity contribution in [2.45, 2.75) is 24.7 Å². The molecule has 1 amide bonds. The zero-order chi connectivity index (χ0) is 13.4. The Labute approximate surface area is 112 Å². The van der Waals surface area contributed by atoms with Crippen molar-refractivity contribution in [1.29, 1.82) is 0 Å². The number of nitrogens with one attached hydrogen (secondary N) is 1. The summed E-state index contributed by atoms with van der Waals surface area (Å²) in [5.74, 6) is -0.952. The van der Waals surface area contributed by atoms with E-state index in [-0.39, 0.29) is 5.56 Å². The average molecular weight is 271 g/mol. The predicted octanol–water partition coefficient (Wildman–Crippen LogP) is 2.66. The zero-order valence-electron chi connectivity index (χ0n) is 10.4. The van der Waals surface area contributed by atoms with E-state index < -0.39 is 11.7 Å². The number of thiol groups is 1. The number of hydrogen-bond donors (Lipinski definition) is 2. The van der Waals surface area contributed by atoms with Gasteiger partial charge >= 0.3 is 0 Å². The van der Waals surface area contributed by atoms with Crippen LogP contribution in [-0.4, -0.2) is 25.7 Å². The molecular formula is C13H18FNO2S. The Hall–Kier alpha value is -1.07. The van der Waals surface area contributed by atoms with E-state index in [0.29, 0.717) is 24.5 Å². The van der Waals surface area contributed by atoms with Gasteiger partial charge < -0.3 is 10.1 Å². The molecule has 5 heteroatoms. The second-order valence-electron chi connectivity index (χ2n) is 3.89. The molecule has 0 aliphatic carbocycles. The predicted molar refractivity (Wildman–Crippen MR) is 71.7 cm³/mol. The Morgan fingerprint density at radius 2 is 2.22 bits per heavy atom. The lowest BCUT2D eigenvalue weighted by atomic mass is 10.2. The molecule has 1 rings (SSSR count). The van der Waals surface area contributed by atoms with Crippen LogP contribution in [-0.2, 0) is 4.74 Å². The lowest BCUT2D eigenvalue weighted by molar-refractivity contribution is 0.0937. The van der Waals surface area contributed by atoms with Crippen LogP contribution in [0.2, 0.25) is 0 Å². The fourth-order valence-electron chi connectivity index (χ4n) is 1.41. The maximum atomic E-state index is 13.4. The van der Waals surface area contributed by atoms with Crippen molar-refractivity contribution in [1.82, 2.24) is 5.32 Å². The summed E-state index contributed by atoms with van der Waals surface area (Å²) < 4.78 is 18.7. The van der Waals surface area contributed by atoms with E-state index in [2.05, 4.69) is 17.9 Å². The van der Waals surface area contributed by atoms with Gasteiger partial charge in [0.2, 0.25) is 0 Å². The molecule has 0 saturated heterocycles. The third kappa shape index (κ3) is 5.06. The van der Waals surface area contributed by atoms with Gasteiger partial charge in [-0.1, -0.05) is 6.92 Å². The van der Waals surface area contributed by atoms with Gasteiger partial charge in [-0.25, -0.2) is 4.39 Å². The number of rotatable bonds is 7. The van der Waals surface area contributed by atoms with Gasteiger partial charge in [0.05, 0.1) is 5.56 Å². The first-order chi connectivity index (χ1) is 8.65. The molecule has 0 heterocycles. The van der Waals surface area contributed by atoms with Gasteiger partial charge in [-0.2, -0.15) is 0 Å². The first-order valence-electron chi connectivity index (χ1n) is 5.99. The van der Waals surface area contributed by atoms with Gasteiger partial charge in [0.25, 0.3) is 5.91 Å². The van der Waals surface area contributed by atoms with Crippen LogP contribution in [0.15, 0.2) is 23.1 Å². The highest BCUT2D eigenvalue weighted by Gasteiger charge is 2.10. The first kappa shape index (κ1) is 15.0. The van der Waals surface area contributed by atoms with Crippen molar-refractivity contribution in [3.05, 3.63) is 29.6 Å². The van der Waals surface area contributed by atoms with Crippen molar-refractivity contribution >= 4 is 18.5 Å². The number of amides is 1. The summed E-state index contributed by atoms with van der Waals surface area (Å²) in [5.41, 5.74) is 0.0250. The molecule has 1 aromatic carbocycles. The van der Waals surface area contributed by atoms with E-state index in [1.54, 1.807) is 0 Å². The Bertz CT molecular complexity index is 399. The van der Waals surface area contributed by atoms with Crippen LogP contribution in [0.4, 0.5) is 4.39 Å². The van der Waals surface area contributed by atoms with Crippen molar-refractivity contribution in [3.8, 4) is 0 Å². The molecule has 0 saturated carbocycles. The molecule has 0 aliphatic heterocycles. The summed E-state index contributed by atoms with van der Waals surface area (Å²) >= 11 is 4.08. The van der Waals surface area contributed by atoms with Crippen molar-refractivity contribution < 1.29 is 13.9 Å². The molecule has 100 valence electrons. The Morgan fingerprint density at radius 1 is 1.44 bits per heavy atom. The van der Waals surface area contributed by atoms with Crippen LogP contribution in [0.5, 0.6) is 0 Å². The summed E-state index contributed by atoms with van der Waals surface area (Å²) in [5, 5.41) is 2.65. The summed E-state index contributed by atoms with van der Waals surface area (Å²) in [6, 6.07) is 4.16. The van der Waals surface area contributed by atoms with E-state index in [1.165, 1.54) is 18.2 Å². The Morgan fingerprint density at radius 3 is 2.94 bits per heavy atom. The minimum atomic E-state index is -0.535. The molecule has 0 aromatic heterocycles. The van der Waals surface area contributed by atoms with Crippen LogP contribution in [0.3, 0.4) is 0 Å². The smallest absolute Gasteiger partial charge is 0.254 e. The topological polar surface area (TPSA) is 38.3 Å². The van der Waals surface area contributed by atoms with Crippen molar-refractivity contribution in [3.63, 3.8) is 0 Å². The summed E-state index contributed by atoms with van der Waals surface area (Å²) in [7, 11) is 0. The summed E-state index contributed by atoms with van der Waals surface area (Å²) in [6.45, 7) is 3.83. The highest BCUT2D eigenvalue weighted by Crippen LogP contribution is 2.13. The van der Waals surface area contributed by atoms with E-state index in [0.717, 1.165) is 13.0 Å². The SMILES string of the molecule is CCCOCCCNC(=O)c1cc(S)ccc1F. The maximum Gasteiger partial charge on any atom is 0.254 e. The maximum absolute atomic E-state index is 13.4. The van der Waals surface area contributed by atoms with Gasteiger partial charge in [-0.05, 0) is 31.0 Å². The largest absolute Gasteiger partial charge is 0.381 e. The Kier molecular flexibility index (Phi) is 6.75. The molecule has 0 atom stereocenters. The second-order valence-corrected chi connectivity index (χ2v) is 4.40. The Balaban J connectivity index is 2.34. The monoisotopic (exact) mass is 271 g/mol. The number of ether oxygens (including phenoxy) is 1. The van der Waals surface area contributed by atoms with Gasteiger partial charge in [-0.3, -0.25) is 4.79 Å². The number of benzene rings is 1. The van der Waals surface area contributed by atoms with Gasteiger partial charge in [0.1, 0.15) is 5.82 Å². The lowest BCUT2D eigenvalue weighted by Gasteiger charge is -2.07. The lowest BCUT2D eigenvalue weighted by Crippen LogP contribution is -2.26. The molecule has 0 aliphatic rings. The van der Waals surface area contributed by atoms with Gasteiger partial charge in [0.15, 0.2) is 0 Å². The molecular weight excluding hydrogens is 253 g/mol. The number of hydrogen-bond acceptors (Lipinski definition) is 3. The third-order valence-electron chi connectivity index (χ3n) is 2.29.